The molecule has 0 unspecified atom stereocenters. The molecule has 2 amide bonds. The standard InChI is InChI=1S/C25H27N3O3S/c1-2-3-6-16-31-21-14-12-19(13-15-21)24(30)26-25(32)28-27-23(29)17-20-10-7-9-18-8-4-5-11-22(18)20/h4-5,7-15H,2-3,6,16-17H2,1H3,(H,27,29)(H2,26,28,30,32). The van der Waals surface area contributed by atoms with Gasteiger partial charge in [-0.1, -0.05) is 62.2 Å². The normalized spacial score (nSPS) is 10.4. The molecule has 0 heterocycles. The number of nitrogens with one attached hydrogen (secondary N) is 3. The summed E-state index contributed by atoms with van der Waals surface area (Å²) >= 11 is 5.12. The molecule has 0 aliphatic rings. The van der Waals surface area contributed by atoms with Crippen molar-refractivity contribution in [3.63, 3.8) is 0 Å². The zero-order chi connectivity index (χ0) is 22.8. The number of carbonyl (C=O) groups excluding carboxylic acids is 2. The minimum atomic E-state index is -0.372. The molecule has 7 heteroatoms. The van der Waals surface area contributed by atoms with Crippen molar-refractivity contribution in [1.82, 2.24) is 16.2 Å². The largest absolute Gasteiger partial charge is 0.494 e. The number of hydrazine groups is 1. The molecule has 3 rings (SSSR count). The number of ether oxygens (including phenoxy) is 1. The van der Waals surface area contributed by atoms with E-state index in [-0.39, 0.29) is 23.3 Å². The lowest BCUT2D eigenvalue weighted by Crippen LogP contribution is -2.48. The lowest BCUT2D eigenvalue weighted by Gasteiger charge is -2.12. The van der Waals surface area contributed by atoms with Gasteiger partial charge in [0.05, 0.1) is 13.0 Å². The van der Waals surface area contributed by atoms with Crippen LogP contribution in [0.15, 0.2) is 66.7 Å². The Morgan fingerprint density at radius 1 is 0.906 bits per heavy atom. The molecule has 166 valence electrons. The lowest BCUT2D eigenvalue weighted by atomic mass is 10.0. The van der Waals surface area contributed by atoms with E-state index in [0.29, 0.717) is 12.2 Å². The summed E-state index contributed by atoms with van der Waals surface area (Å²) in [6, 6.07) is 20.6. The van der Waals surface area contributed by atoms with Crippen molar-refractivity contribution in [3.05, 3.63) is 77.9 Å². The molecule has 3 aromatic carbocycles. The summed E-state index contributed by atoms with van der Waals surface area (Å²) in [5, 5.41) is 4.67. The maximum Gasteiger partial charge on any atom is 0.257 e. The zero-order valence-electron chi connectivity index (χ0n) is 18.0. The van der Waals surface area contributed by atoms with E-state index >= 15 is 0 Å². The summed E-state index contributed by atoms with van der Waals surface area (Å²) in [5.41, 5.74) is 6.46. The van der Waals surface area contributed by atoms with Gasteiger partial charge in [0.25, 0.3) is 5.91 Å². The van der Waals surface area contributed by atoms with E-state index in [1.807, 2.05) is 42.5 Å². The van der Waals surface area contributed by atoms with Crippen LogP contribution in [0.5, 0.6) is 5.75 Å². The fourth-order valence-electron chi connectivity index (χ4n) is 3.24. The van der Waals surface area contributed by atoms with E-state index in [2.05, 4.69) is 23.1 Å². The highest BCUT2D eigenvalue weighted by Crippen LogP contribution is 2.18. The summed E-state index contributed by atoms with van der Waals surface area (Å²) in [7, 11) is 0. The van der Waals surface area contributed by atoms with Crippen molar-refractivity contribution in [1.29, 1.82) is 0 Å². The third-order valence-electron chi connectivity index (χ3n) is 4.91. The Labute approximate surface area is 193 Å². The van der Waals surface area contributed by atoms with Crippen LogP contribution in [0, 0.1) is 0 Å². The summed E-state index contributed by atoms with van der Waals surface area (Å²) in [6.07, 6.45) is 3.46. The van der Waals surface area contributed by atoms with Crippen LogP contribution in [0.1, 0.15) is 42.1 Å². The minimum Gasteiger partial charge on any atom is -0.494 e. The highest BCUT2D eigenvalue weighted by atomic mass is 32.1. The summed E-state index contributed by atoms with van der Waals surface area (Å²) in [5.74, 6) is 0.0879. The fourth-order valence-corrected chi connectivity index (χ4v) is 3.39. The van der Waals surface area contributed by atoms with E-state index in [9.17, 15) is 9.59 Å². The van der Waals surface area contributed by atoms with Crippen LogP contribution >= 0.6 is 12.2 Å². The predicted molar refractivity (Wildman–Crippen MR) is 130 cm³/mol. The molecule has 0 aromatic heterocycles. The average molecular weight is 450 g/mol. The molecule has 0 fully saturated rings. The van der Waals surface area contributed by atoms with Crippen LogP contribution in [-0.2, 0) is 11.2 Å². The van der Waals surface area contributed by atoms with Gasteiger partial charge in [-0.25, -0.2) is 0 Å². The smallest absolute Gasteiger partial charge is 0.257 e. The Balaban J connectivity index is 1.45. The molecule has 0 aliphatic carbocycles. The summed E-state index contributed by atoms with van der Waals surface area (Å²) in [4.78, 5) is 24.7. The minimum absolute atomic E-state index is 0.0150. The van der Waals surface area contributed by atoms with Crippen molar-refractivity contribution >= 4 is 39.9 Å². The quantitative estimate of drug-likeness (QED) is 0.272. The second-order valence-electron chi connectivity index (χ2n) is 7.35. The maximum absolute atomic E-state index is 12.4. The number of rotatable bonds is 8. The SMILES string of the molecule is CCCCCOc1ccc(C(=O)NC(=S)NNC(=O)Cc2cccc3ccccc23)cc1. The number of amides is 2. The van der Waals surface area contributed by atoms with Gasteiger partial charge in [-0.15, -0.1) is 0 Å². The van der Waals surface area contributed by atoms with Gasteiger partial charge in [0, 0.05) is 5.56 Å². The first kappa shape index (κ1) is 23.2. The number of fused-ring (bicyclic) bond motifs is 1. The molecule has 0 saturated heterocycles. The van der Waals surface area contributed by atoms with Gasteiger partial charge in [0.15, 0.2) is 5.11 Å². The first-order chi connectivity index (χ1) is 15.6. The van der Waals surface area contributed by atoms with E-state index in [1.165, 1.54) is 0 Å². The van der Waals surface area contributed by atoms with Crippen molar-refractivity contribution in [2.75, 3.05) is 6.61 Å². The van der Waals surface area contributed by atoms with Gasteiger partial charge in [-0.3, -0.25) is 25.8 Å². The molecule has 0 aliphatic heterocycles. The first-order valence-corrected chi connectivity index (χ1v) is 11.1. The van der Waals surface area contributed by atoms with Gasteiger partial charge in [0.2, 0.25) is 5.91 Å². The van der Waals surface area contributed by atoms with Gasteiger partial charge in [0.1, 0.15) is 5.75 Å². The summed E-state index contributed by atoms with van der Waals surface area (Å²) < 4.78 is 5.65. The lowest BCUT2D eigenvalue weighted by molar-refractivity contribution is -0.121. The van der Waals surface area contributed by atoms with Gasteiger partial charge in [-0.2, -0.15) is 0 Å². The highest BCUT2D eigenvalue weighted by molar-refractivity contribution is 7.80. The molecule has 0 radical (unpaired) electrons. The number of thiocarbonyl (C=S) groups is 1. The van der Waals surface area contributed by atoms with Crippen LogP contribution in [0.3, 0.4) is 0 Å². The predicted octanol–water partition coefficient (Wildman–Crippen LogP) is 4.29. The van der Waals surface area contributed by atoms with Crippen molar-refractivity contribution < 1.29 is 14.3 Å². The topological polar surface area (TPSA) is 79.5 Å². The Morgan fingerprint density at radius 3 is 2.44 bits per heavy atom. The number of hydrogen-bond donors (Lipinski definition) is 3. The first-order valence-electron chi connectivity index (χ1n) is 10.7. The second-order valence-corrected chi connectivity index (χ2v) is 7.76. The molecule has 0 saturated carbocycles. The van der Waals surface area contributed by atoms with Crippen LogP contribution in [-0.4, -0.2) is 23.5 Å². The Hall–Kier alpha value is -3.45. The van der Waals surface area contributed by atoms with Crippen molar-refractivity contribution in [3.8, 4) is 5.75 Å². The van der Waals surface area contributed by atoms with Crippen LogP contribution in [0.2, 0.25) is 0 Å². The fraction of sp³-hybridized carbons (Fsp3) is 0.240. The van der Waals surface area contributed by atoms with E-state index < -0.39 is 0 Å². The Kier molecular flexibility index (Phi) is 8.57. The molecule has 6 nitrogen and oxygen atoms in total. The number of carbonyl (C=O) groups is 2. The molecule has 0 atom stereocenters. The summed E-state index contributed by atoms with van der Waals surface area (Å²) in [6.45, 7) is 2.80. The molecule has 32 heavy (non-hydrogen) atoms. The molecule has 0 bridgehead atoms. The zero-order valence-corrected chi connectivity index (χ0v) is 18.8. The van der Waals surface area contributed by atoms with Crippen LogP contribution in [0.25, 0.3) is 10.8 Å². The third kappa shape index (κ3) is 6.78. The van der Waals surface area contributed by atoms with Gasteiger partial charge < -0.3 is 4.74 Å². The van der Waals surface area contributed by atoms with Crippen molar-refractivity contribution in [2.24, 2.45) is 0 Å². The second kappa shape index (κ2) is 11.8. The molecular formula is C25H27N3O3S. The van der Waals surface area contributed by atoms with Gasteiger partial charge >= 0.3 is 0 Å². The molecule has 3 aromatic rings. The number of hydrogen-bond acceptors (Lipinski definition) is 4. The maximum atomic E-state index is 12.4. The van der Waals surface area contributed by atoms with E-state index in [0.717, 1.165) is 41.3 Å². The average Bonchev–Trinajstić information content (AvgIpc) is 2.81. The molecular weight excluding hydrogens is 422 g/mol. The third-order valence-corrected chi connectivity index (χ3v) is 5.11. The molecule has 3 N–H and O–H groups in total. The number of unbranched alkanes of at least 4 members (excludes halogenated alkanes) is 2. The van der Waals surface area contributed by atoms with E-state index in [1.54, 1.807) is 24.3 Å². The van der Waals surface area contributed by atoms with Gasteiger partial charge in [-0.05, 0) is 59.2 Å². The van der Waals surface area contributed by atoms with Crippen LogP contribution in [0.4, 0.5) is 0 Å². The van der Waals surface area contributed by atoms with E-state index in [4.69, 9.17) is 17.0 Å². The Morgan fingerprint density at radius 2 is 1.66 bits per heavy atom. The Bertz CT molecular complexity index is 1080. The van der Waals surface area contributed by atoms with Crippen molar-refractivity contribution in [2.45, 2.75) is 32.6 Å². The highest BCUT2D eigenvalue weighted by Gasteiger charge is 2.10. The molecule has 0 spiro atoms. The monoisotopic (exact) mass is 449 g/mol. The number of benzene rings is 3. The van der Waals surface area contributed by atoms with Crippen LogP contribution < -0.4 is 20.9 Å².